The third-order valence-electron chi connectivity index (χ3n) is 1.79. The fourth-order valence-corrected chi connectivity index (χ4v) is 1.41. The summed E-state index contributed by atoms with van der Waals surface area (Å²) in [7, 11) is 0. The van der Waals surface area contributed by atoms with Crippen molar-refractivity contribution in [3.63, 3.8) is 0 Å². The van der Waals surface area contributed by atoms with Crippen LogP contribution in [0.1, 0.15) is 6.92 Å². The van der Waals surface area contributed by atoms with Crippen LogP contribution in [-0.2, 0) is 0 Å². The SMILES string of the molecule is CCOc1nc(=S)oc2ccccc12. The molecule has 1 aromatic carbocycles. The molecule has 14 heavy (non-hydrogen) atoms. The van der Waals surface area contributed by atoms with Crippen molar-refractivity contribution in [3.8, 4) is 5.88 Å². The summed E-state index contributed by atoms with van der Waals surface area (Å²) in [5.74, 6) is 0.541. The zero-order valence-corrected chi connectivity index (χ0v) is 8.50. The lowest BCUT2D eigenvalue weighted by molar-refractivity contribution is 0.325. The maximum absolute atomic E-state index is 5.36. The summed E-state index contributed by atoms with van der Waals surface area (Å²) in [5, 5.41) is 0.850. The van der Waals surface area contributed by atoms with Crippen LogP contribution in [0.2, 0.25) is 0 Å². The van der Waals surface area contributed by atoms with Crippen LogP contribution in [0.3, 0.4) is 0 Å². The van der Waals surface area contributed by atoms with Crippen LogP contribution >= 0.6 is 12.2 Å². The molecule has 0 N–H and O–H groups in total. The lowest BCUT2D eigenvalue weighted by atomic mass is 10.2. The number of aromatic nitrogens is 1. The van der Waals surface area contributed by atoms with Gasteiger partial charge in [-0.25, -0.2) is 0 Å². The lowest BCUT2D eigenvalue weighted by Crippen LogP contribution is -1.95. The van der Waals surface area contributed by atoms with Crippen LogP contribution in [-0.4, -0.2) is 11.6 Å². The maximum atomic E-state index is 5.36. The van der Waals surface area contributed by atoms with Crippen molar-refractivity contribution in [1.82, 2.24) is 4.98 Å². The summed E-state index contributed by atoms with van der Waals surface area (Å²) >= 11 is 4.88. The molecule has 4 heteroatoms. The van der Waals surface area contributed by atoms with Crippen LogP contribution in [0.5, 0.6) is 5.88 Å². The van der Waals surface area contributed by atoms with E-state index in [2.05, 4.69) is 4.98 Å². The first-order chi connectivity index (χ1) is 6.81. The number of ether oxygens (including phenoxy) is 1. The molecule has 0 fully saturated rings. The average Bonchev–Trinajstić information content (AvgIpc) is 2.18. The van der Waals surface area contributed by atoms with E-state index in [1.165, 1.54) is 0 Å². The molecule has 1 aromatic heterocycles. The first-order valence-electron chi connectivity index (χ1n) is 4.34. The van der Waals surface area contributed by atoms with Gasteiger partial charge in [-0.15, -0.1) is 0 Å². The van der Waals surface area contributed by atoms with Crippen molar-refractivity contribution in [2.75, 3.05) is 6.61 Å². The van der Waals surface area contributed by atoms with Gasteiger partial charge in [0.2, 0.25) is 5.88 Å². The van der Waals surface area contributed by atoms with E-state index < -0.39 is 0 Å². The summed E-state index contributed by atoms with van der Waals surface area (Å²) in [4.78, 5) is 4.22. The van der Waals surface area contributed by atoms with Gasteiger partial charge in [0.25, 0.3) is 4.84 Å². The van der Waals surface area contributed by atoms with Gasteiger partial charge >= 0.3 is 0 Å². The quantitative estimate of drug-likeness (QED) is 0.709. The molecule has 0 spiro atoms. The largest absolute Gasteiger partial charge is 0.477 e. The molecule has 0 aliphatic carbocycles. The highest BCUT2D eigenvalue weighted by Gasteiger charge is 2.04. The molecule has 2 rings (SSSR count). The molecule has 0 saturated heterocycles. The van der Waals surface area contributed by atoms with Gasteiger partial charge in [0.05, 0.1) is 12.0 Å². The van der Waals surface area contributed by atoms with Gasteiger partial charge in [-0.3, -0.25) is 0 Å². The van der Waals surface area contributed by atoms with Crippen molar-refractivity contribution in [1.29, 1.82) is 0 Å². The highest BCUT2D eigenvalue weighted by atomic mass is 32.1. The Hall–Kier alpha value is -1.42. The fraction of sp³-hybridized carbons (Fsp3) is 0.200. The molecule has 0 aliphatic rings. The van der Waals surface area contributed by atoms with Crippen LogP contribution in [0.15, 0.2) is 28.7 Å². The molecule has 1 heterocycles. The van der Waals surface area contributed by atoms with Crippen molar-refractivity contribution in [2.24, 2.45) is 0 Å². The molecule has 72 valence electrons. The Morgan fingerprint density at radius 2 is 2.21 bits per heavy atom. The van der Waals surface area contributed by atoms with E-state index in [0.29, 0.717) is 18.1 Å². The Morgan fingerprint density at radius 3 is 3.00 bits per heavy atom. The highest BCUT2D eigenvalue weighted by molar-refractivity contribution is 7.71. The van der Waals surface area contributed by atoms with Crippen LogP contribution in [0.4, 0.5) is 0 Å². The molecule has 2 aromatic rings. The minimum atomic E-state index is 0.201. The third-order valence-corrected chi connectivity index (χ3v) is 1.96. The van der Waals surface area contributed by atoms with E-state index in [4.69, 9.17) is 21.4 Å². The Kier molecular flexibility index (Phi) is 2.45. The molecule has 0 aliphatic heterocycles. The zero-order valence-electron chi connectivity index (χ0n) is 7.69. The van der Waals surface area contributed by atoms with Crippen molar-refractivity contribution in [3.05, 3.63) is 29.1 Å². The second kappa shape index (κ2) is 3.75. The van der Waals surface area contributed by atoms with E-state index in [0.717, 1.165) is 5.39 Å². The topological polar surface area (TPSA) is 35.3 Å². The third kappa shape index (κ3) is 1.61. The second-order valence-electron chi connectivity index (χ2n) is 2.71. The molecule has 0 bridgehead atoms. The molecule has 0 unspecified atom stereocenters. The summed E-state index contributed by atoms with van der Waals surface area (Å²) in [5.41, 5.74) is 0.705. The number of para-hydroxylation sites is 1. The Bertz CT molecular complexity index is 507. The standard InChI is InChI=1S/C10H9NO2S/c1-2-12-9-7-5-3-4-6-8(7)13-10(14)11-9/h3-6H,2H2,1H3. The fourth-order valence-electron chi connectivity index (χ4n) is 1.24. The number of benzene rings is 1. The Morgan fingerprint density at radius 1 is 1.43 bits per heavy atom. The molecular formula is C10H9NO2S. The van der Waals surface area contributed by atoms with Gasteiger partial charge < -0.3 is 9.15 Å². The summed E-state index contributed by atoms with van der Waals surface area (Å²) in [6.45, 7) is 2.47. The number of fused-ring (bicyclic) bond motifs is 1. The Balaban J connectivity index is 2.73. The van der Waals surface area contributed by atoms with E-state index in [-0.39, 0.29) is 4.84 Å². The van der Waals surface area contributed by atoms with Gasteiger partial charge in [-0.05, 0) is 31.3 Å². The van der Waals surface area contributed by atoms with Crippen LogP contribution < -0.4 is 4.74 Å². The zero-order chi connectivity index (χ0) is 9.97. The van der Waals surface area contributed by atoms with Crippen LogP contribution in [0.25, 0.3) is 11.0 Å². The van der Waals surface area contributed by atoms with E-state index >= 15 is 0 Å². The van der Waals surface area contributed by atoms with E-state index in [9.17, 15) is 0 Å². The molecule has 0 saturated carbocycles. The monoisotopic (exact) mass is 207 g/mol. The first-order valence-corrected chi connectivity index (χ1v) is 4.75. The number of rotatable bonds is 2. The highest BCUT2D eigenvalue weighted by Crippen LogP contribution is 2.22. The Labute approximate surface area is 86.3 Å². The minimum Gasteiger partial charge on any atom is -0.477 e. The van der Waals surface area contributed by atoms with Gasteiger partial charge in [-0.1, -0.05) is 12.1 Å². The summed E-state index contributed by atoms with van der Waals surface area (Å²) in [6.07, 6.45) is 0. The normalized spacial score (nSPS) is 10.4. The van der Waals surface area contributed by atoms with Crippen molar-refractivity contribution >= 4 is 23.2 Å². The molecule has 0 radical (unpaired) electrons. The number of nitrogens with zero attached hydrogens (tertiary/aromatic N) is 1. The lowest BCUT2D eigenvalue weighted by Gasteiger charge is -2.04. The second-order valence-corrected chi connectivity index (χ2v) is 3.06. The number of hydrogen-bond donors (Lipinski definition) is 0. The number of hydrogen-bond acceptors (Lipinski definition) is 4. The molecule has 3 nitrogen and oxygen atoms in total. The van der Waals surface area contributed by atoms with Crippen molar-refractivity contribution in [2.45, 2.75) is 6.92 Å². The predicted molar refractivity (Wildman–Crippen MR) is 56.0 cm³/mol. The van der Waals surface area contributed by atoms with Crippen LogP contribution in [0, 0.1) is 4.84 Å². The van der Waals surface area contributed by atoms with Gasteiger partial charge in [0, 0.05) is 0 Å². The minimum absolute atomic E-state index is 0.201. The van der Waals surface area contributed by atoms with Gasteiger partial charge in [-0.2, -0.15) is 4.98 Å². The van der Waals surface area contributed by atoms with E-state index in [1.807, 2.05) is 31.2 Å². The van der Waals surface area contributed by atoms with Gasteiger partial charge in [0.1, 0.15) is 5.58 Å². The predicted octanol–water partition coefficient (Wildman–Crippen LogP) is 2.96. The molecule has 0 amide bonds. The molecular weight excluding hydrogens is 198 g/mol. The van der Waals surface area contributed by atoms with Gasteiger partial charge in [0.15, 0.2) is 0 Å². The molecule has 0 atom stereocenters. The summed E-state index contributed by atoms with van der Waals surface area (Å²) in [6, 6.07) is 7.53. The van der Waals surface area contributed by atoms with Crippen molar-refractivity contribution < 1.29 is 9.15 Å². The summed E-state index contributed by atoms with van der Waals surface area (Å²) < 4.78 is 10.6. The maximum Gasteiger partial charge on any atom is 0.292 e. The first kappa shape index (κ1) is 9.15. The smallest absolute Gasteiger partial charge is 0.292 e. The van der Waals surface area contributed by atoms with E-state index in [1.54, 1.807) is 0 Å². The average molecular weight is 207 g/mol.